The lowest BCUT2D eigenvalue weighted by atomic mass is 10.1. The van der Waals surface area contributed by atoms with E-state index in [2.05, 4.69) is 4.98 Å². The van der Waals surface area contributed by atoms with E-state index in [1.54, 1.807) is 18.0 Å². The standard InChI is InChI=1S/C21H23ClF2N2O2/c1-4-21(23,24)12-28-19-13(2)9-15(10-25-19)14(3)26-11-17-16(20(26)27)7-5-6-8-18(17)22/h5,7-10,14H,4,6,11-12H2,1-3H3. The van der Waals surface area contributed by atoms with Crippen LogP contribution < -0.4 is 4.74 Å². The van der Waals surface area contributed by atoms with Crippen LogP contribution in [0.5, 0.6) is 5.88 Å². The maximum atomic E-state index is 13.4. The molecule has 0 spiro atoms. The number of alkyl halides is 2. The number of ether oxygens (including phenoxy) is 1. The molecule has 1 aliphatic heterocycles. The number of pyridine rings is 1. The van der Waals surface area contributed by atoms with Crippen LogP contribution >= 0.6 is 11.6 Å². The second-order valence-electron chi connectivity index (χ2n) is 7.08. The highest BCUT2D eigenvalue weighted by Gasteiger charge is 2.34. The Morgan fingerprint density at radius 2 is 2.18 bits per heavy atom. The number of aromatic nitrogens is 1. The van der Waals surface area contributed by atoms with E-state index in [9.17, 15) is 13.6 Å². The molecule has 150 valence electrons. The number of allylic oxidation sites excluding steroid dienone is 2. The van der Waals surface area contributed by atoms with Crippen molar-refractivity contribution < 1.29 is 18.3 Å². The molecule has 1 aromatic rings. The minimum absolute atomic E-state index is 0.0761. The predicted octanol–water partition coefficient (Wildman–Crippen LogP) is 5.10. The zero-order valence-corrected chi connectivity index (χ0v) is 16.9. The second kappa shape index (κ2) is 8.03. The minimum atomic E-state index is -2.88. The van der Waals surface area contributed by atoms with E-state index in [0.29, 0.717) is 29.1 Å². The average molecular weight is 409 g/mol. The molecule has 1 aliphatic carbocycles. The van der Waals surface area contributed by atoms with Crippen LogP contribution in [0.25, 0.3) is 0 Å². The van der Waals surface area contributed by atoms with Crippen LogP contribution in [0.2, 0.25) is 0 Å². The summed E-state index contributed by atoms with van der Waals surface area (Å²) in [7, 11) is 0. The van der Waals surface area contributed by atoms with Gasteiger partial charge in [-0.15, -0.1) is 0 Å². The molecule has 1 atom stereocenters. The van der Waals surface area contributed by atoms with Crippen LogP contribution in [-0.2, 0) is 4.79 Å². The van der Waals surface area contributed by atoms with Gasteiger partial charge in [0.25, 0.3) is 11.8 Å². The molecule has 0 N–H and O–H groups in total. The number of aryl methyl sites for hydroxylation is 1. The van der Waals surface area contributed by atoms with Gasteiger partial charge in [-0.25, -0.2) is 13.8 Å². The number of nitrogens with zero attached hydrogens (tertiary/aromatic N) is 2. The molecule has 28 heavy (non-hydrogen) atoms. The first-order valence-electron chi connectivity index (χ1n) is 9.27. The topological polar surface area (TPSA) is 42.4 Å². The third-order valence-corrected chi connectivity index (χ3v) is 5.47. The number of hydrogen-bond acceptors (Lipinski definition) is 3. The highest BCUT2D eigenvalue weighted by Crippen LogP contribution is 2.36. The third kappa shape index (κ3) is 4.12. The van der Waals surface area contributed by atoms with Gasteiger partial charge in [-0.1, -0.05) is 36.8 Å². The summed E-state index contributed by atoms with van der Waals surface area (Å²) in [5.74, 6) is -2.78. The normalized spacial score (nSPS) is 18.1. The summed E-state index contributed by atoms with van der Waals surface area (Å²) < 4.78 is 32.0. The van der Waals surface area contributed by atoms with Crippen molar-refractivity contribution in [2.45, 2.75) is 45.6 Å². The van der Waals surface area contributed by atoms with E-state index in [-0.39, 0.29) is 24.2 Å². The molecule has 3 rings (SSSR count). The summed E-state index contributed by atoms with van der Waals surface area (Å²) in [5.41, 5.74) is 2.91. The monoisotopic (exact) mass is 408 g/mol. The molecule has 1 unspecified atom stereocenters. The smallest absolute Gasteiger partial charge is 0.281 e. The van der Waals surface area contributed by atoms with Gasteiger partial charge < -0.3 is 9.64 Å². The lowest BCUT2D eigenvalue weighted by Gasteiger charge is -2.26. The fourth-order valence-electron chi connectivity index (χ4n) is 3.20. The molecule has 4 nitrogen and oxygen atoms in total. The van der Waals surface area contributed by atoms with Crippen LogP contribution in [0.1, 0.15) is 43.9 Å². The number of amides is 1. The number of carbonyl (C=O) groups excluding carboxylic acids is 1. The van der Waals surface area contributed by atoms with Gasteiger partial charge in [0.15, 0.2) is 6.61 Å². The van der Waals surface area contributed by atoms with E-state index in [4.69, 9.17) is 16.3 Å². The van der Waals surface area contributed by atoms with Crippen molar-refractivity contribution in [3.8, 4) is 5.88 Å². The van der Waals surface area contributed by atoms with Gasteiger partial charge in [-0.05, 0) is 31.9 Å². The molecule has 1 aromatic heterocycles. The lowest BCUT2D eigenvalue weighted by molar-refractivity contribution is -0.127. The summed E-state index contributed by atoms with van der Waals surface area (Å²) in [6.45, 7) is 4.80. The molecule has 0 aromatic carbocycles. The van der Waals surface area contributed by atoms with E-state index in [0.717, 1.165) is 11.1 Å². The number of rotatable bonds is 6. The fraction of sp³-hybridized carbons (Fsp3) is 0.429. The van der Waals surface area contributed by atoms with Crippen LogP contribution in [0.4, 0.5) is 8.78 Å². The van der Waals surface area contributed by atoms with Gasteiger partial charge in [0.05, 0.1) is 6.04 Å². The van der Waals surface area contributed by atoms with Crippen molar-refractivity contribution in [1.82, 2.24) is 9.88 Å². The third-order valence-electron chi connectivity index (χ3n) is 5.09. The maximum absolute atomic E-state index is 13.4. The van der Waals surface area contributed by atoms with Crippen molar-refractivity contribution in [2.24, 2.45) is 0 Å². The zero-order valence-electron chi connectivity index (χ0n) is 16.1. The summed E-state index contributed by atoms with van der Waals surface area (Å²) in [5, 5.41) is 0.609. The molecule has 0 bridgehead atoms. The molecule has 0 saturated carbocycles. The van der Waals surface area contributed by atoms with Gasteiger partial charge in [-0.2, -0.15) is 0 Å². The fourth-order valence-corrected chi connectivity index (χ4v) is 3.45. The largest absolute Gasteiger partial charge is 0.471 e. The first kappa shape index (κ1) is 20.5. The van der Waals surface area contributed by atoms with E-state index < -0.39 is 12.5 Å². The Morgan fingerprint density at radius 3 is 2.86 bits per heavy atom. The second-order valence-corrected chi connectivity index (χ2v) is 7.49. The van der Waals surface area contributed by atoms with Gasteiger partial charge in [0.2, 0.25) is 5.88 Å². The Morgan fingerprint density at radius 1 is 1.43 bits per heavy atom. The number of hydrogen-bond donors (Lipinski definition) is 0. The molecular formula is C21H23ClF2N2O2. The van der Waals surface area contributed by atoms with Crippen molar-refractivity contribution >= 4 is 17.5 Å². The van der Waals surface area contributed by atoms with Gasteiger partial charge in [0.1, 0.15) is 0 Å². The molecular weight excluding hydrogens is 386 g/mol. The molecule has 2 aliphatic rings. The molecule has 0 radical (unpaired) electrons. The predicted molar refractivity (Wildman–Crippen MR) is 105 cm³/mol. The lowest BCUT2D eigenvalue weighted by Crippen LogP contribution is -2.30. The van der Waals surface area contributed by atoms with Crippen LogP contribution in [-0.4, -0.2) is 34.9 Å². The highest BCUT2D eigenvalue weighted by molar-refractivity contribution is 6.33. The molecule has 7 heteroatoms. The van der Waals surface area contributed by atoms with Crippen molar-refractivity contribution in [1.29, 1.82) is 0 Å². The van der Waals surface area contributed by atoms with Crippen LogP contribution in [0.3, 0.4) is 0 Å². The van der Waals surface area contributed by atoms with Gasteiger partial charge in [-0.3, -0.25) is 4.79 Å². The van der Waals surface area contributed by atoms with Crippen molar-refractivity contribution in [3.05, 3.63) is 57.8 Å². The molecule has 2 heterocycles. The van der Waals surface area contributed by atoms with E-state index in [1.807, 2.05) is 31.2 Å². The van der Waals surface area contributed by atoms with Crippen molar-refractivity contribution in [3.63, 3.8) is 0 Å². The van der Waals surface area contributed by atoms with E-state index >= 15 is 0 Å². The SMILES string of the molecule is CCC(F)(F)COc1ncc(C(C)N2CC3=C(C=CCC=C3Cl)C2=O)cc1C. The maximum Gasteiger partial charge on any atom is 0.281 e. The van der Waals surface area contributed by atoms with E-state index in [1.165, 1.54) is 6.92 Å². The highest BCUT2D eigenvalue weighted by atomic mass is 35.5. The average Bonchev–Trinajstić information content (AvgIpc) is 2.88. The Bertz CT molecular complexity index is 877. The summed E-state index contributed by atoms with van der Waals surface area (Å²) in [4.78, 5) is 18.8. The number of carbonyl (C=O) groups is 1. The number of halogens is 3. The minimum Gasteiger partial charge on any atom is -0.471 e. The quantitative estimate of drug-likeness (QED) is 0.657. The Labute approximate surface area is 168 Å². The molecule has 0 fully saturated rings. The van der Waals surface area contributed by atoms with Gasteiger partial charge >= 0.3 is 0 Å². The summed E-state index contributed by atoms with van der Waals surface area (Å²) in [6.07, 6.45) is 7.62. The first-order valence-corrected chi connectivity index (χ1v) is 9.65. The Hall–Kier alpha value is -2.21. The summed E-state index contributed by atoms with van der Waals surface area (Å²) in [6, 6.07) is 1.58. The van der Waals surface area contributed by atoms with Crippen LogP contribution in [0, 0.1) is 6.92 Å². The Balaban J connectivity index is 1.75. The van der Waals surface area contributed by atoms with Gasteiger partial charge in [0, 0.05) is 40.9 Å². The first-order chi connectivity index (χ1) is 13.2. The summed E-state index contributed by atoms with van der Waals surface area (Å²) >= 11 is 6.33. The molecule has 0 saturated heterocycles. The zero-order chi connectivity index (χ0) is 20.5. The molecule has 1 amide bonds. The van der Waals surface area contributed by atoms with Crippen LogP contribution in [0.15, 0.2) is 46.7 Å². The Kier molecular flexibility index (Phi) is 5.89. The van der Waals surface area contributed by atoms with Crippen molar-refractivity contribution in [2.75, 3.05) is 13.2 Å².